The molecule has 24 heavy (non-hydrogen) atoms. The van der Waals surface area contributed by atoms with E-state index < -0.39 is 5.97 Å². The molecule has 0 bridgehead atoms. The quantitative estimate of drug-likeness (QED) is 0.595. The molecule has 0 spiro atoms. The highest BCUT2D eigenvalue weighted by molar-refractivity contribution is 5.83. The Hall–Kier alpha value is -1.14. The molecule has 0 aromatic heterocycles. The van der Waals surface area contributed by atoms with Crippen LogP contribution in [0.4, 0.5) is 0 Å². The van der Waals surface area contributed by atoms with Gasteiger partial charge in [-0.2, -0.15) is 0 Å². The lowest BCUT2D eigenvalue weighted by Gasteiger charge is -2.43. The predicted octanol–water partition coefficient (Wildman–Crippen LogP) is 2.03. The van der Waals surface area contributed by atoms with Crippen molar-refractivity contribution in [3.63, 3.8) is 0 Å². The van der Waals surface area contributed by atoms with Gasteiger partial charge in [-0.3, -0.25) is 14.5 Å². The molecule has 0 radical (unpaired) electrons. The number of rotatable bonds is 10. The summed E-state index contributed by atoms with van der Waals surface area (Å²) in [6.07, 6.45) is 6.68. The summed E-state index contributed by atoms with van der Waals surface area (Å²) in [6.45, 7) is 6.12. The van der Waals surface area contributed by atoms with Crippen LogP contribution in [0.3, 0.4) is 0 Å². The minimum Gasteiger partial charge on any atom is -0.480 e. The fraction of sp³-hybridized carbons (Fsp3) is 0.889. The summed E-state index contributed by atoms with van der Waals surface area (Å²) >= 11 is 0. The van der Waals surface area contributed by atoms with Gasteiger partial charge in [0.25, 0.3) is 0 Å². The number of likely N-dealkylation sites (N-methyl/N-ethyl adjacent to an activating group) is 1. The first-order valence-electron chi connectivity index (χ1n) is 9.35. The maximum Gasteiger partial charge on any atom is 0.317 e. The number of ether oxygens (including phenoxy) is 1. The van der Waals surface area contributed by atoms with Crippen molar-refractivity contribution in [2.24, 2.45) is 5.41 Å². The van der Waals surface area contributed by atoms with Crippen molar-refractivity contribution in [1.82, 2.24) is 10.2 Å². The highest BCUT2D eigenvalue weighted by Crippen LogP contribution is 2.42. The topological polar surface area (TPSA) is 78.9 Å². The number of carbonyl (C=O) groups excluding carboxylic acids is 1. The van der Waals surface area contributed by atoms with Crippen LogP contribution in [-0.2, 0) is 14.3 Å². The summed E-state index contributed by atoms with van der Waals surface area (Å²) < 4.78 is 5.47. The molecule has 2 saturated carbocycles. The molecule has 0 aromatic carbocycles. The molecule has 138 valence electrons. The number of carbonyl (C=O) groups is 2. The number of nitrogens with zero attached hydrogens (tertiary/aromatic N) is 1. The maximum atomic E-state index is 12.8. The Kier molecular flexibility index (Phi) is 7.04. The minimum atomic E-state index is -0.787. The predicted molar refractivity (Wildman–Crippen MR) is 91.8 cm³/mol. The number of carboxylic acids is 1. The van der Waals surface area contributed by atoms with E-state index in [4.69, 9.17) is 9.84 Å². The Morgan fingerprint density at radius 2 is 1.92 bits per heavy atom. The molecule has 2 N–H and O–H groups in total. The maximum absolute atomic E-state index is 12.8. The molecule has 0 heterocycles. The number of carboxylic acid groups (broad SMARTS) is 1. The zero-order valence-corrected chi connectivity index (χ0v) is 15.1. The van der Waals surface area contributed by atoms with Gasteiger partial charge in [-0.15, -0.1) is 0 Å². The molecule has 0 atom stereocenters. The second-order valence-corrected chi connectivity index (χ2v) is 7.19. The third-order valence-electron chi connectivity index (χ3n) is 5.68. The van der Waals surface area contributed by atoms with Crippen molar-refractivity contribution in [3.05, 3.63) is 0 Å². The smallest absolute Gasteiger partial charge is 0.317 e. The largest absolute Gasteiger partial charge is 0.480 e. The SMILES string of the molecule is CCOCCC1(C(=O)NC2CC(N(CC)CC(=O)O)C2)CCCC1. The number of hydrogen-bond acceptors (Lipinski definition) is 4. The standard InChI is InChI=1S/C18H32N2O4/c1-3-20(13-16(21)22)15-11-14(12-15)19-17(23)18(7-5-6-8-18)9-10-24-4-2/h14-15H,3-13H2,1-2H3,(H,19,23)(H,21,22). The van der Waals surface area contributed by atoms with Gasteiger partial charge in [-0.1, -0.05) is 19.8 Å². The molecule has 0 aromatic rings. The average molecular weight is 340 g/mol. The van der Waals surface area contributed by atoms with Gasteiger partial charge < -0.3 is 15.2 Å². The fourth-order valence-corrected chi connectivity index (χ4v) is 4.07. The summed E-state index contributed by atoms with van der Waals surface area (Å²) in [5.74, 6) is -0.602. The zero-order chi connectivity index (χ0) is 17.6. The summed E-state index contributed by atoms with van der Waals surface area (Å²) in [5.41, 5.74) is -0.244. The summed E-state index contributed by atoms with van der Waals surface area (Å²) in [6, 6.07) is 0.467. The molecule has 2 rings (SSSR count). The minimum absolute atomic E-state index is 0.0835. The Morgan fingerprint density at radius 1 is 1.25 bits per heavy atom. The summed E-state index contributed by atoms with van der Waals surface area (Å²) in [5, 5.41) is 12.2. The van der Waals surface area contributed by atoms with Gasteiger partial charge in [0, 0.05) is 25.3 Å². The third-order valence-corrected chi connectivity index (χ3v) is 5.68. The summed E-state index contributed by atoms with van der Waals surface area (Å²) in [7, 11) is 0. The lowest BCUT2D eigenvalue weighted by atomic mass is 9.79. The van der Waals surface area contributed by atoms with Crippen LogP contribution in [0.25, 0.3) is 0 Å². The zero-order valence-electron chi connectivity index (χ0n) is 15.1. The highest BCUT2D eigenvalue weighted by Gasteiger charge is 2.43. The van der Waals surface area contributed by atoms with Crippen molar-refractivity contribution >= 4 is 11.9 Å². The van der Waals surface area contributed by atoms with E-state index in [2.05, 4.69) is 5.32 Å². The number of amides is 1. The van der Waals surface area contributed by atoms with E-state index in [9.17, 15) is 9.59 Å². The van der Waals surface area contributed by atoms with Crippen molar-refractivity contribution in [2.75, 3.05) is 26.3 Å². The molecular weight excluding hydrogens is 308 g/mol. The van der Waals surface area contributed by atoms with Gasteiger partial charge >= 0.3 is 5.97 Å². The van der Waals surface area contributed by atoms with Gasteiger partial charge in [0.05, 0.1) is 12.0 Å². The van der Waals surface area contributed by atoms with Crippen molar-refractivity contribution in [1.29, 1.82) is 0 Å². The monoisotopic (exact) mass is 340 g/mol. The first-order valence-corrected chi connectivity index (χ1v) is 9.35. The van der Waals surface area contributed by atoms with Gasteiger partial charge in [-0.05, 0) is 45.6 Å². The fourth-order valence-electron chi connectivity index (χ4n) is 4.07. The van der Waals surface area contributed by atoms with Gasteiger partial charge in [-0.25, -0.2) is 0 Å². The van der Waals surface area contributed by atoms with E-state index in [-0.39, 0.29) is 30.0 Å². The van der Waals surface area contributed by atoms with Crippen LogP contribution in [0.2, 0.25) is 0 Å². The van der Waals surface area contributed by atoms with E-state index in [1.807, 2.05) is 18.7 Å². The van der Waals surface area contributed by atoms with Crippen LogP contribution in [0.1, 0.15) is 58.8 Å². The summed E-state index contributed by atoms with van der Waals surface area (Å²) in [4.78, 5) is 25.7. The number of aliphatic carboxylic acids is 1. The average Bonchev–Trinajstić information content (AvgIpc) is 2.98. The van der Waals surface area contributed by atoms with Crippen molar-refractivity contribution < 1.29 is 19.4 Å². The lowest BCUT2D eigenvalue weighted by molar-refractivity contribution is -0.140. The van der Waals surface area contributed by atoms with E-state index in [1.54, 1.807) is 0 Å². The van der Waals surface area contributed by atoms with E-state index in [1.165, 1.54) is 0 Å². The van der Waals surface area contributed by atoms with Crippen LogP contribution < -0.4 is 5.32 Å². The van der Waals surface area contributed by atoms with Gasteiger partial charge in [0.2, 0.25) is 5.91 Å². The Labute approximate surface area is 144 Å². The molecule has 2 fully saturated rings. The van der Waals surface area contributed by atoms with Gasteiger partial charge in [0.15, 0.2) is 0 Å². The molecular formula is C18H32N2O4. The molecule has 6 heteroatoms. The number of hydrogen-bond donors (Lipinski definition) is 2. The van der Waals surface area contributed by atoms with Gasteiger partial charge in [0.1, 0.15) is 0 Å². The van der Waals surface area contributed by atoms with E-state index in [0.717, 1.165) is 51.5 Å². The Morgan fingerprint density at radius 3 is 2.46 bits per heavy atom. The molecule has 0 aliphatic heterocycles. The molecule has 0 saturated heterocycles. The molecule has 1 amide bonds. The lowest BCUT2D eigenvalue weighted by Crippen LogP contribution is -2.56. The second-order valence-electron chi connectivity index (χ2n) is 7.19. The van der Waals surface area contributed by atoms with Crippen LogP contribution in [-0.4, -0.2) is 60.3 Å². The third kappa shape index (κ3) is 4.70. The van der Waals surface area contributed by atoms with Crippen molar-refractivity contribution in [3.8, 4) is 0 Å². The Bertz CT molecular complexity index is 429. The molecule has 2 aliphatic rings. The Balaban J connectivity index is 1.81. The molecule has 0 unspecified atom stereocenters. The first kappa shape index (κ1) is 19.2. The van der Waals surface area contributed by atoms with E-state index in [0.29, 0.717) is 13.2 Å². The van der Waals surface area contributed by atoms with Crippen molar-refractivity contribution in [2.45, 2.75) is 70.9 Å². The van der Waals surface area contributed by atoms with E-state index >= 15 is 0 Å². The molecule has 6 nitrogen and oxygen atoms in total. The van der Waals surface area contributed by atoms with Crippen LogP contribution in [0, 0.1) is 5.41 Å². The normalized spacial score (nSPS) is 25.5. The van der Waals surface area contributed by atoms with Crippen LogP contribution in [0.15, 0.2) is 0 Å². The molecule has 2 aliphatic carbocycles. The first-order chi connectivity index (χ1) is 11.5. The van der Waals surface area contributed by atoms with Crippen LogP contribution >= 0.6 is 0 Å². The number of nitrogens with one attached hydrogen (secondary N) is 1. The van der Waals surface area contributed by atoms with Crippen LogP contribution in [0.5, 0.6) is 0 Å². The highest BCUT2D eigenvalue weighted by atomic mass is 16.5. The second kappa shape index (κ2) is 8.81.